The van der Waals surface area contributed by atoms with Gasteiger partial charge in [-0.1, -0.05) is 23.2 Å². The van der Waals surface area contributed by atoms with Crippen LogP contribution in [0.1, 0.15) is 22.8 Å². The minimum Gasteiger partial charge on any atom is -0.478 e. The van der Waals surface area contributed by atoms with Crippen molar-refractivity contribution < 1.29 is 24.2 Å². The van der Waals surface area contributed by atoms with E-state index >= 15 is 0 Å². The Bertz CT molecular complexity index is 517. The summed E-state index contributed by atoms with van der Waals surface area (Å²) in [5.74, 6) is -2.36. The number of hydrogen-bond donors (Lipinski definition) is 1. The molecule has 0 bridgehead atoms. The van der Waals surface area contributed by atoms with Crippen molar-refractivity contribution in [2.24, 2.45) is 0 Å². The summed E-state index contributed by atoms with van der Waals surface area (Å²) in [5.41, 5.74) is 0.0588. The van der Waals surface area contributed by atoms with Crippen LogP contribution in [-0.4, -0.2) is 17.0 Å². The van der Waals surface area contributed by atoms with Gasteiger partial charge < -0.3 is 5.11 Å². The van der Waals surface area contributed by atoms with Crippen molar-refractivity contribution in [2.75, 3.05) is 0 Å². The standard InChI is InChI=1S/C11H7Cl2FO4/c1-5(11(17)18-14)2-7-8(12)3-6(10(15)16)4-9(7)13/h2-4H,1H3,(H,15,16)/b5-2+. The molecule has 1 aromatic carbocycles. The van der Waals surface area contributed by atoms with Gasteiger partial charge in [0.05, 0.1) is 15.6 Å². The summed E-state index contributed by atoms with van der Waals surface area (Å²) in [4.78, 5) is 24.6. The quantitative estimate of drug-likeness (QED) is 0.866. The maximum atomic E-state index is 11.7. The molecule has 0 fully saturated rings. The lowest BCUT2D eigenvalue weighted by atomic mass is 10.1. The SMILES string of the molecule is C/C(=C\c1c(Cl)cc(C(=O)O)cc1Cl)C(=O)OF. The van der Waals surface area contributed by atoms with Crippen molar-refractivity contribution in [1.29, 1.82) is 0 Å². The van der Waals surface area contributed by atoms with E-state index < -0.39 is 11.9 Å². The Kier molecular flexibility index (Phi) is 4.69. The highest BCUT2D eigenvalue weighted by Gasteiger charge is 2.13. The predicted molar refractivity (Wildman–Crippen MR) is 64.3 cm³/mol. The van der Waals surface area contributed by atoms with Gasteiger partial charge in [-0.2, -0.15) is 0 Å². The lowest BCUT2D eigenvalue weighted by molar-refractivity contribution is -0.178. The van der Waals surface area contributed by atoms with E-state index in [0.29, 0.717) is 0 Å². The van der Waals surface area contributed by atoms with Gasteiger partial charge in [0.1, 0.15) is 0 Å². The maximum Gasteiger partial charge on any atom is 0.375 e. The first-order chi connectivity index (χ1) is 8.36. The van der Waals surface area contributed by atoms with Gasteiger partial charge in [0.25, 0.3) is 0 Å². The third-order valence-electron chi connectivity index (χ3n) is 2.08. The van der Waals surface area contributed by atoms with Gasteiger partial charge in [0, 0.05) is 15.7 Å². The maximum absolute atomic E-state index is 11.7. The van der Waals surface area contributed by atoms with Crippen LogP contribution in [0.2, 0.25) is 10.0 Å². The Balaban J connectivity index is 3.27. The summed E-state index contributed by atoms with van der Waals surface area (Å²) < 4.78 is 11.7. The van der Waals surface area contributed by atoms with Gasteiger partial charge in [-0.25, -0.2) is 14.5 Å². The van der Waals surface area contributed by atoms with Crippen molar-refractivity contribution in [3.63, 3.8) is 0 Å². The second kappa shape index (κ2) is 5.84. The van der Waals surface area contributed by atoms with Crippen LogP contribution in [0.3, 0.4) is 0 Å². The van der Waals surface area contributed by atoms with Crippen LogP contribution < -0.4 is 0 Å². The second-order valence-electron chi connectivity index (χ2n) is 3.35. The van der Waals surface area contributed by atoms with Gasteiger partial charge in [-0.3, -0.25) is 0 Å². The summed E-state index contributed by atoms with van der Waals surface area (Å²) in [5, 5.41) is 8.84. The van der Waals surface area contributed by atoms with Crippen LogP contribution in [0.25, 0.3) is 6.08 Å². The lowest BCUT2D eigenvalue weighted by Crippen LogP contribution is -2.00. The van der Waals surface area contributed by atoms with Crippen molar-refractivity contribution in [3.05, 3.63) is 38.9 Å². The molecule has 4 nitrogen and oxygen atoms in total. The first kappa shape index (κ1) is 14.5. The molecule has 0 aliphatic heterocycles. The average molecular weight is 293 g/mol. The molecule has 0 atom stereocenters. The molecule has 7 heteroatoms. The number of hydrogen-bond acceptors (Lipinski definition) is 3. The minimum atomic E-state index is -1.19. The topological polar surface area (TPSA) is 63.6 Å². The smallest absolute Gasteiger partial charge is 0.375 e. The summed E-state index contributed by atoms with van der Waals surface area (Å²) in [7, 11) is 0. The fourth-order valence-corrected chi connectivity index (χ4v) is 1.78. The van der Waals surface area contributed by atoms with Crippen LogP contribution in [-0.2, 0) is 9.74 Å². The molecule has 1 N–H and O–H groups in total. The van der Waals surface area contributed by atoms with Gasteiger partial charge in [-0.15, -0.1) is 0 Å². The molecule has 0 saturated carbocycles. The fourth-order valence-electron chi connectivity index (χ4n) is 1.18. The first-order valence-corrected chi connectivity index (χ1v) is 5.36. The predicted octanol–water partition coefficient (Wildman–Crippen LogP) is 3.52. The molecule has 0 amide bonds. The largest absolute Gasteiger partial charge is 0.478 e. The number of carbonyl (C=O) groups is 2. The Hall–Kier alpha value is -1.59. The number of halogens is 3. The van der Waals surface area contributed by atoms with Gasteiger partial charge in [0.2, 0.25) is 0 Å². The summed E-state index contributed by atoms with van der Waals surface area (Å²) in [6, 6.07) is 2.35. The van der Waals surface area contributed by atoms with Crippen molar-refractivity contribution in [2.45, 2.75) is 6.92 Å². The average Bonchev–Trinajstić information content (AvgIpc) is 2.31. The molecule has 1 aromatic rings. The molecule has 0 aromatic heterocycles. The number of benzene rings is 1. The molecule has 0 saturated heterocycles. The Morgan fingerprint density at radius 1 is 1.33 bits per heavy atom. The molecule has 0 aliphatic carbocycles. The molecule has 1 rings (SSSR count). The van der Waals surface area contributed by atoms with E-state index in [1.165, 1.54) is 25.1 Å². The lowest BCUT2D eigenvalue weighted by Gasteiger charge is -2.05. The highest BCUT2D eigenvalue weighted by Crippen LogP contribution is 2.29. The van der Waals surface area contributed by atoms with E-state index in [-0.39, 0.29) is 26.7 Å². The Morgan fingerprint density at radius 3 is 2.22 bits per heavy atom. The van der Waals surface area contributed by atoms with Gasteiger partial charge in [0.15, 0.2) is 0 Å². The molecule has 0 radical (unpaired) electrons. The molecule has 0 heterocycles. The summed E-state index contributed by atoms with van der Waals surface area (Å²) in [6.45, 7) is 1.31. The Labute approximate surface area is 111 Å². The Morgan fingerprint density at radius 2 is 1.83 bits per heavy atom. The summed E-state index contributed by atoms with van der Waals surface area (Å²) in [6.07, 6.45) is 1.21. The molecule has 96 valence electrons. The molecular formula is C11H7Cl2FO4. The van der Waals surface area contributed by atoms with Crippen LogP contribution in [0.4, 0.5) is 4.53 Å². The molecule has 0 unspecified atom stereocenters. The number of carboxylic acids is 1. The molecule has 18 heavy (non-hydrogen) atoms. The molecule has 0 aliphatic rings. The summed E-state index contributed by atoms with van der Waals surface area (Å²) >= 11 is 11.7. The van der Waals surface area contributed by atoms with E-state index in [4.69, 9.17) is 28.3 Å². The van der Waals surface area contributed by atoms with E-state index in [2.05, 4.69) is 4.94 Å². The van der Waals surface area contributed by atoms with Crippen molar-refractivity contribution in [1.82, 2.24) is 0 Å². The van der Waals surface area contributed by atoms with Crippen LogP contribution >= 0.6 is 23.2 Å². The third-order valence-corrected chi connectivity index (χ3v) is 2.70. The zero-order valence-corrected chi connectivity index (χ0v) is 10.5. The van der Waals surface area contributed by atoms with Gasteiger partial charge in [-0.05, 0) is 25.1 Å². The number of aromatic carboxylic acids is 1. The zero-order valence-electron chi connectivity index (χ0n) is 9.04. The number of carbonyl (C=O) groups excluding carboxylic acids is 1. The minimum absolute atomic E-state index is 0.0332. The number of rotatable bonds is 3. The number of carboxylic acid groups (broad SMARTS) is 1. The normalized spacial score (nSPS) is 11.2. The molecular weight excluding hydrogens is 286 g/mol. The van der Waals surface area contributed by atoms with E-state index in [9.17, 15) is 14.1 Å². The van der Waals surface area contributed by atoms with Crippen LogP contribution in [0.15, 0.2) is 17.7 Å². The molecule has 0 spiro atoms. The highest BCUT2D eigenvalue weighted by atomic mass is 35.5. The van der Waals surface area contributed by atoms with E-state index in [1.807, 2.05) is 0 Å². The van der Waals surface area contributed by atoms with E-state index in [0.717, 1.165) is 0 Å². The monoisotopic (exact) mass is 292 g/mol. The first-order valence-electron chi connectivity index (χ1n) is 4.60. The zero-order chi connectivity index (χ0) is 13.9. The van der Waals surface area contributed by atoms with Crippen molar-refractivity contribution >= 4 is 41.2 Å². The van der Waals surface area contributed by atoms with E-state index in [1.54, 1.807) is 0 Å². The van der Waals surface area contributed by atoms with Crippen molar-refractivity contribution in [3.8, 4) is 0 Å². The second-order valence-corrected chi connectivity index (χ2v) is 4.17. The van der Waals surface area contributed by atoms with Crippen LogP contribution in [0.5, 0.6) is 0 Å². The van der Waals surface area contributed by atoms with Crippen LogP contribution in [0, 0.1) is 0 Å². The van der Waals surface area contributed by atoms with Gasteiger partial charge >= 0.3 is 11.9 Å². The third kappa shape index (κ3) is 3.21. The fraction of sp³-hybridized carbons (Fsp3) is 0.0909. The highest BCUT2D eigenvalue weighted by molar-refractivity contribution is 6.37.